The van der Waals surface area contributed by atoms with Crippen molar-refractivity contribution in [3.8, 4) is 5.75 Å². The second kappa shape index (κ2) is 10.6. The molecule has 0 aromatic heterocycles. The summed E-state index contributed by atoms with van der Waals surface area (Å²) in [6.45, 7) is 6.49. The normalized spacial score (nSPS) is 19.4. The molecule has 3 rings (SSSR count). The van der Waals surface area contributed by atoms with Gasteiger partial charge in [-0.05, 0) is 24.3 Å². The van der Waals surface area contributed by atoms with E-state index in [1.807, 2.05) is 13.8 Å². The summed E-state index contributed by atoms with van der Waals surface area (Å²) in [5.41, 5.74) is -0.314. The van der Waals surface area contributed by atoms with Crippen LogP contribution in [0.2, 0.25) is 0 Å². The molecule has 1 aromatic carbocycles. The van der Waals surface area contributed by atoms with Gasteiger partial charge < -0.3 is 9.47 Å². The van der Waals surface area contributed by atoms with Gasteiger partial charge in [0.2, 0.25) is 10.0 Å². The highest BCUT2D eigenvalue weighted by Gasteiger charge is 2.41. The van der Waals surface area contributed by atoms with Gasteiger partial charge in [-0.15, -0.1) is 23.3 Å². The SMILES string of the molecule is CC.COc1ccc(S(=O)(=O)N2CCC3(CC2)NCCO3)cc1.SS. The maximum absolute atomic E-state index is 12.6. The zero-order chi connectivity index (χ0) is 18.9. The Kier molecular flexibility index (Phi) is 9.61. The van der Waals surface area contributed by atoms with Crippen molar-refractivity contribution in [2.24, 2.45) is 0 Å². The zero-order valence-electron chi connectivity index (χ0n) is 14.9. The lowest BCUT2D eigenvalue weighted by atomic mass is 10.0. The van der Waals surface area contributed by atoms with E-state index in [-0.39, 0.29) is 5.72 Å². The van der Waals surface area contributed by atoms with Gasteiger partial charge >= 0.3 is 0 Å². The minimum Gasteiger partial charge on any atom is -0.497 e. The molecule has 25 heavy (non-hydrogen) atoms. The molecule has 0 saturated carbocycles. The van der Waals surface area contributed by atoms with E-state index < -0.39 is 10.0 Å². The minimum absolute atomic E-state index is 0.305. The smallest absolute Gasteiger partial charge is 0.243 e. The van der Waals surface area contributed by atoms with E-state index in [4.69, 9.17) is 9.47 Å². The highest BCUT2D eigenvalue weighted by Crippen LogP contribution is 2.30. The van der Waals surface area contributed by atoms with Crippen molar-refractivity contribution < 1.29 is 17.9 Å². The lowest BCUT2D eigenvalue weighted by Crippen LogP contribution is -2.52. The Morgan fingerprint density at radius 2 is 1.72 bits per heavy atom. The Hall–Kier alpha value is -0.450. The Morgan fingerprint density at radius 1 is 1.16 bits per heavy atom. The second-order valence-electron chi connectivity index (χ2n) is 5.35. The molecule has 0 aliphatic carbocycles. The van der Waals surface area contributed by atoms with E-state index in [1.54, 1.807) is 31.4 Å². The predicted molar refractivity (Wildman–Crippen MR) is 107 cm³/mol. The van der Waals surface area contributed by atoms with E-state index in [2.05, 4.69) is 28.6 Å². The third kappa shape index (κ3) is 5.51. The fourth-order valence-electron chi connectivity index (χ4n) is 2.88. The number of hydrogen-bond acceptors (Lipinski definition) is 7. The van der Waals surface area contributed by atoms with Crippen LogP contribution in [0.1, 0.15) is 26.7 Å². The Morgan fingerprint density at radius 3 is 2.16 bits per heavy atom. The van der Waals surface area contributed by atoms with Crippen LogP contribution in [0, 0.1) is 0 Å². The van der Waals surface area contributed by atoms with E-state index in [0.717, 1.165) is 6.54 Å². The fourth-order valence-corrected chi connectivity index (χ4v) is 4.32. The average molecular weight is 409 g/mol. The van der Waals surface area contributed by atoms with E-state index in [0.29, 0.717) is 43.2 Å². The van der Waals surface area contributed by atoms with Crippen molar-refractivity contribution in [1.29, 1.82) is 0 Å². The standard InChI is InChI=1S/C14H20N2O4S.C2H6.H2S2/c1-19-12-2-4-13(5-3-12)21(17,18)16-9-6-14(7-10-16)15-8-11-20-14;2*1-2/h2-5,15H,6-11H2,1H3;1-2H3;1-2H. The van der Waals surface area contributed by atoms with Crippen LogP contribution in [0.3, 0.4) is 0 Å². The number of nitrogens with zero attached hydrogens (tertiary/aromatic N) is 1. The van der Waals surface area contributed by atoms with Gasteiger partial charge in [0.1, 0.15) is 11.5 Å². The molecule has 2 aliphatic heterocycles. The molecule has 144 valence electrons. The van der Waals surface area contributed by atoms with Crippen molar-refractivity contribution in [2.45, 2.75) is 37.3 Å². The highest BCUT2D eigenvalue weighted by atomic mass is 33.1. The molecule has 1 spiro atoms. The van der Waals surface area contributed by atoms with Gasteiger partial charge in [0.25, 0.3) is 0 Å². The molecular weight excluding hydrogens is 380 g/mol. The number of ether oxygens (including phenoxy) is 2. The maximum atomic E-state index is 12.6. The van der Waals surface area contributed by atoms with E-state index >= 15 is 0 Å². The van der Waals surface area contributed by atoms with Gasteiger partial charge in [0.05, 0.1) is 18.6 Å². The number of hydrogen-bond donors (Lipinski definition) is 3. The number of piperidine rings is 1. The summed E-state index contributed by atoms with van der Waals surface area (Å²) in [4.78, 5) is 0.305. The van der Waals surface area contributed by atoms with Crippen molar-refractivity contribution >= 4 is 33.3 Å². The summed E-state index contributed by atoms with van der Waals surface area (Å²) in [6.07, 6.45) is 1.37. The second-order valence-corrected chi connectivity index (χ2v) is 7.29. The van der Waals surface area contributed by atoms with Gasteiger partial charge in [-0.3, -0.25) is 5.32 Å². The number of methoxy groups -OCH3 is 1. The first-order valence-corrected chi connectivity index (χ1v) is 11.3. The topological polar surface area (TPSA) is 67.9 Å². The van der Waals surface area contributed by atoms with Crippen LogP contribution in [-0.2, 0) is 14.8 Å². The number of nitrogens with one attached hydrogen (secondary N) is 1. The zero-order valence-corrected chi connectivity index (χ0v) is 17.5. The van der Waals surface area contributed by atoms with Crippen LogP contribution >= 0.6 is 23.3 Å². The molecule has 0 unspecified atom stereocenters. The van der Waals surface area contributed by atoms with Crippen LogP contribution in [0.15, 0.2) is 29.2 Å². The molecule has 2 aliphatic rings. The van der Waals surface area contributed by atoms with Gasteiger partial charge in [0, 0.05) is 32.5 Å². The van der Waals surface area contributed by atoms with Crippen molar-refractivity contribution in [3.63, 3.8) is 0 Å². The van der Waals surface area contributed by atoms with E-state index in [1.165, 1.54) is 4.31 Å². The van der Waals surface area contributed by atoms with Crippen LogP contribution in [0.4, 0.5) is 0 Å². The van der Waals surface area contributed by atoms with Crippen molar-refractivity contribution in [2.75, 3.05) is 33.4 Å². The van der Waals surface area contributed by atoms with Gasteiger partial charge in [-0.25, -0.2) is 8.42 Å². The summed E-state index contributed by atoms with van der Waals surface area (Å²) in [5.74, 6) is 0.648. The van der Waals surface area contributed by atoms with Crippen LogP contribution < -0.4 is 10.1 Å². The third-order valence-electron chi connectivity index (χ3n) is 4.15. The summed E-state index contributed by atoms with van der Waals surface area (Å²) in [5, 5.41) is 3.34. The number of benzene rings is 1. The van der Waals surface area contributed by atoms with Gasteiger partial charge in [-0.1, -0.05) is 13.8 Å². The monoisotopic (exact) mass is 408 g/mol. The Bertz CT molecular complexity index is 592. The molecule has 6 nitrogen and oxygen atoms in total. The Balaban J connectivity index is 0.000000730. The predicted octanol–water partition coefficient (Wildman–Crippen LogP) is 2.58. The molecule has 0 radical (unpaired) electrons. The van der Waals surface area contributed by atoms with Crippen molar-refractivity contribution in [1.82, 2.24) is 9.62 Å². The molecule has 1 aromatic rings. The summed E-state index contributed by atoms with van der Waals surface area (Å²) in [7, 11) is -1.88. The van der Waals surface area contributed by atoms with Gasteiger partial charge in [0.15, 0.2) is 0 Å². The Labute approximate surface area is 161 Å². The highest BCUT2D eigenvalue weighted by molar-refractivity contribution is 8.59. The molecule has 0 atom stereocenters. The summed E-state index contributed by atoms with van der Waals surface area (Å²) < 4.78 is 37.5. The molecule has 2 heterocycles. The first kappa shape index (κ1) is 22.6. The quantitative estimate of drug-likeness (QED) is 0.530. The number of rotatable bonds is 3. The van der Waals surface area contributed by atoms with Crippen LogP contribution in [0.5, 0.6) is 5.75 Å². The fraction of sp³-hybridized carbons (Fsp3) is 0.625. The molecule has 2 fully saturated rings. The first-order valence-electron chi connectivity index (χ1n) is 8.29. The van der Waals surface area contributed by atoms with Gasteiger partial charge in [-0.2, -0.15) is 4.31 Å². The molecule has 0 bridgehead atoms. The van der Waals surface area contributed by atoms with Crippen LogP contribution in [-0.4, -0.2) is 51.8 Å². The average Bonchev–Trinajstić information content (AvgIpc) is 3.13. The number of sulfonamides is 1. The molecule has 2 saturated heterocycles. The maximum Gasteiger partial charge on any atom is 0.243 e. The third-order valence-corrected chi connectivity index (χ3v) is 6.07. The summed E-state index contributed by atoms with van der Waals surface area (Å²) >= 11 is 6.44. The minimum atomic E-state index is -3.44. The molecule has 0 amide bonds. The molecular formula is C16H28N2O4S3. The van der Waals surface area contributed by atoms with Crippen LogP contribution in [0.25, 0.3) is 0 Å². The van der Waals surface area contributed by atoms with Crippen molar-refractivity contribution in [3.05, 3.63) is 24.3 Å². The first-order chi connectivity index (χ1) is 12.1. The lowest BCUT2D eigenvalue weighted by Gasteiger charge is -2.37. The number of thiol groups is 2. The van der Waals surface area contributed by atoms with E-state index in [9.17, 15) is 8.42 Å². The molecule has 1 N–H and O–H groups in total. The largest absolute Gasteiger partial charge is 0.497 e. The molecule has 9 heteroatoms. The summed E-state index contributed by atoms with van der Waals surface area (Å²) in [6, 6.07) is 6.51. The lowest BCUT2D eigenvalue weighted by molar-refractivity contribution is -0.0445.